The minimum Gasteiger partial charge on any atom is -0.377 e. The van der Waals surface area contributed by atoms with Crippen LogP contribution in [0, 0.1) is 0 Å². The molecule has 0 radical (unpaired) electrons. The van der Waals surface area contributed by atoms with E-state index >= 15 is 0 Å². The highest BCUT2D eigenvalue weighted by atomic mass is 31.2. The minimum atomic E-state index is -2.51. The molecule has 0 amide bonds. The average molecular weight is 240 g/mol. The molecule has 0 aromatic carbocycles. The van der Waals surface area contributed by atoms with Crippen molar-refractivity contribution in [2.24, 2.45) is 0 Å². The minimum absolute atomic E-state index is 0.268. The van der Waals surface area contributed by atoms with E-state index < -0.39 is 15.9 Å². The Morgan fingerprint density at radius 2 is 1.57 bits per heavy atom. The van der Waals surface area contributed by atoms with E-state index in [0.717, 1.165) is 0 Å². The van der Waals surface area contributed by atoms with Crippen molar-refractivity contribution < 1.29 is 17.8 Å². The fraction of sp³-hybridized carbons (Fsp3) is 1.00. The molecular formula is C8H21O4PSi. The molecular weight excluding hydrogens is 219 g/mol. The topological polar surface area (TPSA) is 44.8 Å². The van der Waals surface area contributed by atoms with Gasteiger partial charge in [0, 0.05) is 33.1 Å². The van der Waals surface area contributed by atoms with E-state index in [2.05, 4.69) is 0 Å². The summed E-state index contributed by atoms with van der Waals surface area (Å²) in [6, 6.07) is 0. The average Bonchev–Trinajstić information content (AvgIpc) is 2.25. The van der Waals surface area contributed by atoms with Crippen LogP contribution in [-0.2, 0) is 17.8 Å². The molecule has 0 saturated carbocycles. The van der Waals surface area contributed by atoms with Crippen LogP contribution >= 0.6 is 7.14 Å². The van der Waals surface area contributed by atoms with E-state index in [9.17, 15) is 4.57 Å². The van der Waals surface area contributed by atoms with Crippen LogP contribution in [0.3, 0.4) is 0 Å². The van der Waals surface area contributed by atoms with Crippen molar-refractivity contribution in [3.63, 3.8) is 0 Å². The molecule has 86 valence electrons. The summed E-state index contributed by atoms with van der Waals surface area (Å²) in [4.78, 5) is 0. The summed E-state index contributed by atoms with van der Waals surface area (Å²) in [7, 11) is -1.56. The second-order valence-electron chi connectivity index (χ2n) is 3.23. The van der Waals surface area contributed by atoms with Gasteiger partial charge < -0.3 is 17.8 Å². The normalized spacial score (nSPS) is 13.2. The maximum absolute atomic E-state index is 12.0. The Hall–Kier alpha value is 0.327. The van der Waals surface area contributed by atoms with Gasteiger partial charge in [-0.25, -0.2) is 0 Å². The molecule has 0 N–H and O–H groups in total. The summed E-state index contributed by atoms with van der Waals surface area (Å²) < 4.78 is 27.8. The maximum Gasteiger partial charge on any atom is 0.497 e. The van der Waals surface area contributed by atoms with Crippen LogP contribution in [-0.4, -0.2) is 41.7 Å². The maximum atomic E-state index is 12.0. The lowest BCUT2D eigenvalue weighted by Gasteiger charge is -2.24. The zero-order valence-electron chi connectivity index (χ0n) is 9.70. The fourth-order valence-electron chi connectivity index (χ4n) is 0.842. The largest absolute Gasteiger partial charge is 0.497 e. The number of rotatable bonds is 7. The molecule has 0 rings (SSSR count). The molecule has 14 heavy (non-hydrogen) atoms. The van der Waals surface area contributed by atoms with Crippen molar-refractivity contribution in [3.05, 3.63) is 0 Å². The molecule has 0 aliphatic carbocycles. The Kier molecular flexibility index (Phi) is 6.17. The standard InChI is InChI=1S/C8H21O4PSi/c1-6-13(9,7-2)8-12-14(5,10-3)11-4/h6-8H2,1-5H3. The monoisotopic (exact) mass is 240 g/mol. The van der Waals surface area contributed by atoms with Crippen molar-refractivity contribution in [3.8, 4) is 0 Å². The van der Waals surface area contributed by atoms with Crippen LogP contribution in [0.25, 0.3) is 0 Å². The van der Waals surface area contributed by atoms with Gasteiger partial charge in [0.2, 0.25) is 0 Å². The molecule has 0 saturated heterocycles. The summed E-state index contributed by atoms with van der Waals surface area (Å²) in [5.74, 6) is 0. The number of hydrogen-bond acceptors (Lipinski definition) is 4. The predicted molar refractivity (Wildman–Crippen MR) is 60.3 cm³/mol. The van der Waals surface area contributed by atoms with Crippen molar-refractivity contribution in [1.29, 1.82) is 0 Å². The third-order valence-electron chi connectivity index (χ3n) is 2.46. The third-order valence-corrected chi connectivity index (χ3v) is 7.76. The van der Waals surface area contributed by atoms with Gasteiger partial charge >= 0.3 is 8.80 Å². The molecule has 0 bridgehead atoms. The zero-order valence-corrected chi connectivity index (χ0v) is 11.6. The highest BCUT2D eigenvalue weighted by Crippen LogP contribution is 2.44. The molecule has 6 heteroatoms. The lowest BCUT2D eigenvalue weighted by molar-refractivity contribution is 0.123. The SMILES string of the molecule is CCP(=O)(CC)CO[Si](C)(OC)OC. The van der Waals surface area contributed by atoms with Gasteiger partial charge in [-0.1, -0.05) is 13.8 Å². The summed E-state index contributed by atoms with van der Waals surface area (Å²) in [6.45, 7) is 5.64. The van der Waals surface area contributed by atoms with Crippen LogP contribution < -0.4 is 0 Å². The van der Waals surface area contributed by atoms with E-state index in [4.69, 9.17) is 13.3 Å². The predicted octanol–water partition coefficient (Wildman–Crippen LogP) is 2.22. The van der Waals surface area contributed by atoms with Crippen molar-refractivity contribution in [2.45, 2.75) is 20.4 Å². The third kappa shape index (κ3) is 4.23. The molecule has 0 aromatic heterocycles. The Morgan fingerprint density at radius 3 is 1.86 bits per heavy atom. The Balaban J connectivity index is 4.21. The van der Waals surface area contributed by atoms with Crippen LogP contribution in [0.1, 0.15) is 13.8 Å². The van der Waals surface area contributed by atoms with Crippen molar-refractivity contribution in [1.82, 2.24) is 0 Å². The van der Waals surface area contributed by atoms with Crippen LogP contribution in [0.4, 0.5) is 0 Å². The van der Waals surface area contributed by atoms with Gasteiger partial charge in [0.15, 0.2) is 0 Å². The highest BCUT2D eigenvalue weighted by Gasteiger charge is 2.34. The smallest absolute Gasteiger partial charge is 0.377 e. The van der Waals surface area contributed by atoms with Crippen molar-refractivity contribution >= 4 is 15.9 Å². The Morgan fingerprint density at radius 1 is 1.14 bits per heavy atom. The van der Waals surface area contributed by atoms with Crippen molar-refractivity contribution in [2.75, 3.05) is 32.9 Å². The van der Waals surface area contributed by atoms with Gasteiger partial charge in [-0.2, -0.15) is 0 Å². The molecule has 0 atom stereocenters. The summed E-state index contributed by atoms with van der Waals surface area (Å²) in [5.41, 5.74) is 0. The van der Waals surface area contributed by atoms with Gasteiger partial charge in [0.05, 0.1) is 6.35 Å². The Bertz CT molecular complexity index is 198. The van der Waals surface area contributed by atoms with Gasteiger partial charge in [-0.3, -0.25) is 0 Å². The summed E-state index contributed by atoms with van der Waals surface area (Å²) in [6.07, 6.45) is 1.60. The molecule has 0 aromatic rings. The molecule has 4 nitrogen and oxygen atoms in total. The first-order valence-electron chi connectivity index (χ1n) is 4.76. The molecule has 0 fully saturated rings. The first-order chi connectivity index (χ1) is 6.45. The van der Waals surface area contributed by atoms with E-state index in [0.29, 0.717) is 12.3 Å². The van der Waals surface area contributed by atoms with E-state index in [1.54, 1.807) is 20.8 Å². The van der Waals surface area contributed by atoms with E-state index in [-0.39, 0.29) is 6.35 Å². The molecule has 0 spiro atoms. The Labute approximate surface area is 87.7 Å². The fourth-order valence-corrected chi connectivity index (χ4v) is 3.94. The van der Waals surface area contributed by atoms with Gasteiger partial charge in [-0.05, 0) is 0 Å². The lowest BCUT2D eigenvalue weighted by Crippen LogP contribution is -2.40. The first-order valence-corrected chi connectivity index (χ1v) is 9.25. The molecule has 0 unspecified atom stereocenters. The second kappa shape index (κ2) is 6.03. The highest BCUT2D eigenvalue weighted by molar-refractivity contribution is 7.63. The molecule has 0 aliphatic heterocycles. The summed E-state index contributed by atoms with van der Waals surface area (Å²) in [5, 5.41) is 0. The number of hydrogen-bond donors (Lipinski definition) is 0. The quantitative estimate of drug-likeness (QED) is 0.505. The van der Waals surface area contributed by atoms with Gasteiger partial charge in [0.1, 0.15) is 7.14 Å². The molecule has 0 aliphatic rings. The van der Waals surface area contributed by atoms with E-state index in [1.807, 2.05) is 13.8 Å². The van der Waals surface area contributed by atoms with Crippen LogP contribution in [0.2, 0.25) is 6.55 Å². The zero-order chi connectivity index (χ0) is 11.2. The van der Waals surface area contributed by atoms with E-state index in [1.165, 1.54) is 0 Å². The van der Waals surface area contributed by atoms with Gasteiger partial charge in [-0.15, -0.1) is 0 Å². The van der Waals surface area contributed by atoms with Crippen LogP contribution in [0.15, 0.2) is 0 Å². The lowest BCUT2D eigenvalue weighted by atomic mass is 11.0. The summed E-state index contributed by atoms with van der Waals surface area (Å²) >= 11 is 0. The van der Waals surface area contributed by atoms with Gasteiger partial charge in [0.25, 0.3) is 0 Å². The second-order valence-corrected chi connectivity index (χ2v) is 9.70. The van der Waals surface area contributed by atoms with Crippen LogP contribution in [0.5, 0.6) is 0 Å². The first kappa shape index (κ1) is 14.3. The molecule has 0 heterocycles.